The Balaban J connectivity index is 1.40. The van der Waals surface area contributed by atoms with E-state index in [-0.39, 0.29) is 17.3 Å². The summed E-state index contributed by atoms with van der Waals surface area (Å²) in [7, 11) is -3.68. The van der Waals surface area contributed by atoms with Gasteiger partial charge >= 0.3 is 0 Å². The minimum Gasteiger partial charge on any atom is -0.355 e. The number of sulfonamides is 1. The molecule has 0 spiro atoms. The maximum Gasteiger partial charge on any atom is 0.241 e. The molecule has 9 heteroatoms. The highest BCUT2D eigenvalue weighted by atomic mass is 35.5. The number of likely N-dealkylation sites (tertiary alicyclic amines) is 1. The molecule has 2 N–H and O–H groups in total. The zero-order chi connectivity index (χ0) is 20.9. The summed E-state index contributed by atoms with van der Waals surface area (Å²) in [4.78, 5) is 14.5. The molecule has 1 heterocycles. The molecule has 0 aliphatic carbocycles. The van der Waals surface area contributed by atoms with Gasteiger partial charge in [-0.15, -0.1) is 0 Å². The van der Waals surface area contributed by atoms with Gasteiger partial charge in [0.1, 0.15) is 0 Å². The number of carbonyl (C=O) groups excluding carboxylic acids is 1. The summed E-state index contributed by atoms with van der Waals surface area (Å²) in [6.45, 7) is 2.80. The Bertz CT molecular complexity index is 955. The molecule has 6 nitrogen and oxygen atoms in total. The van der Waals surface area contributed by atoms with E-state index in [9.17, 15) is 13.2 Å². The van der Waals surface area contributed by atoms with Crippen molar-refractivity contribution in [2.24, 2.45) is 5.92 Å². The second-order valence-electron chi connectivity index (χ2n) is 7.08. The molecule has 1 atom stereocenters. The Morgan fingerprint density at radius 2 is 1.86 bits per heavy atom. The van der Waals surface area contributed by atoms with Crippen LogP contribution in [0, 0.1) is 5.92 Å². The van der Waals surface area contributed by atoms with Gasteiger partial charge < -0.3 is 5.32 Å². The largest absolute Gasteiger partial charge is 0.355 e. The van der Waals surface area contributed by atoms with Gasteiger partial charge in [-0.2, -0.15) is 0 Å². The van der Waals surface area contributed by atoms with Crippen molar-refractivity contribution in [3.63, 3.8) is 0 Å². The molecule has 0 radical (unpaired) electrons. The Morgan fingerprint density at radius 1 is 1.10 bits per heavy atom. The monoisotopic (exact) mass is 455 g/mol. The SMILES string of the molecule is O=C(CNS(=O)(=O)c1ccccc1)NCC1CCN(Cc2ccc(Cl)c(Cl)c2)C1. The molecule has 1 amide bonds. The van der Waals surface area contributed by atoms with Gasteiger partial charge in [0.2, 0.25) is 15.9 Å². The van der Waals surface area contributed by atoms with Gasteiger partial charge in [0.05, 0.1) is 21.5 Å². The summed E-state index contributed by atoms with van der Waals surface area (Å²) in [5, 5.41) is 3.91. The van der Waals surface area contributed by atoms with Crippen molar-refractivity contribution in [2.45, 2.75) is 17.9 Å². The van der Waals surface area contributed by atoms with E-state index >= 15 is 0 Å². The molecule has 1 unspecified atom stereocenters. The van der Waals surface area contributed by atoms with Crippen LogP contribution >= 0.6 is 23.2 Å². The van der Waals surface area contributed by atoms with Crippen LogP contribution in [0.4, 0.5) is 0 Å². The van der Waals surface area contributed by atoms with E-state index in [0.29, 0.717) is 22.5 Å². The minimum atomic E-state index is -3.68. The molecule has 156 valence electrons. The third kappa shape index (κ3) is 6.42. The summed E-state index contributed by atoms with van der Waals surface area (Å²) in [6.07, 6.45) is 0.970. The van der Waals surface area contributed by atoms with Crippen molar-refractivity contribution in [1.82, 2.24) is 14.9 Å². The third-order valence-electron chi connectivity index (χ3n) is 4.82. The van der Waals surface area contributed by atoms with E-state index in [2.05, 4.69) is 14.9 Å². The molecule has 0 saturated carbocycles. The normalized spacial score (nSPS) is 17.4. The van der Waals surface area contributed by atoms with Crippen LogP contribution in [0.15, 0.2) is 53.4 Å². The summed E-state index contributed by atoms with van der Waals surface area (Å²) >= 11 is 12.0. The van der Waals surface area contributed by atoms with Gasteiger partial charge in [-0.25, -0.2) is 13.1 Å². The van der Waals surface area contributed by atoms with Crippen LogP contribution in [-0.4, -0.2) is 45.4 Å². The van der Waals surface area contributed by atoms with Crippen molar-refractivity contribution in [2.75, 3.05) is 26.2 Å². The average Bonchev–Trinajstić information content (AvgIpc) is 3.16. The zero-order valence-electron chi connectivity index (χ0n) is 15.8. The number of benzene rings is 2. The van der Waals surface area contributed by atoms with Crippen LogP contribution in [0.1, 0.15) is 12.0 Å². The number of amides is 1. The molecule has 0 bridgehead atoms. The second kappa shape index (κ2) is 9.91. The lowest BCUT2D eigenvalue weighted by molar-refractivity contribution is -0.120. The van der Waals surface area contributed by atoms with Crippen LogP contribution in [-0.2, 0) is 21.4 Å². The average molecular weight is 456 g/mol. The van der Waals surface area contributed by atoms with Crippen molar-refractivity contribution >= 4 is 39.1 Å². The number of hydrogen-bond acceptors (Lipinski definition) is 4. The van der Waals surface area contributed by atoms with Crippen molar-refractivity contribution in [3.05, 3.63) is 64.1 Å². The number of hydrogen-bond donors (Lipinski definition) is 2. The quantitative estimate of drug-likeness (QED) is 0.641. The first-order valence-corrected chi connectivity index (χ1v) is 11.5. The third-order valence-corrected chi connectivity index (χ3v) is 6.98. The molecule has 3 rings (SSSR count). The Morgan fingerprint density at radius 3 is 2.59 bits per heavy atom. The first kappa shape index (κ1) is 22.1. The van der Waals surface area contributed by atoms with E-state index in [1.165, 1.54) is 12.1 Å². The molecule has 1 saturated heterocycles. The van der Waals surface area contributed by atoms with Crippen molar-refractivity contribution < 1.29 is 13.2 Å². The van der Waals surface area contributed by atoms with Crippen LogP contribution in [0.25, 0.3) is 0 Å². The number of nitrogens with one attached hydrogen (secondary N) is 2. The van der Waals surface area contributed by atoms with Gasteiger partial charge in [-0.05, 0) is 48.7 Å². The van der Waals surface area contributed by atoms with E-state index in [1.54, 1.807) is 24.3 Å². The van der Waals surface area contributed by atoms with E-state index in [1.807, 2.05) is 12.1 Å². The van der Waals surface area contributed by atoms with Crippen LogP contribution in [0.5, 0.6) is 0 Å². The molecular formula is C20H23Cl2N3O3S. The molecule has 2 aromatic carbocycles. The van der Waals surface area contributed by atoms with Crippen molar-refractivity contribution in [3.8, 4) is 0 Å². The van der Waals surface area contributed by atoms with Crippen LogP contribution in [0.2, 0.25) is 10.0 Å². The number of rotatable bonds is 8. The van der Waals surface area contributed by atoms with E-state index < -0.39 is 10.0 Å². The fourth-order valence-electron chi connectivity index (χ4n) is 3.28. The predicted octanol–water partition coefficient (Wildman–Crippen LogP) is 2.91. The molecule has 1 aliphatic rings. The smallest absolute Gasteiger partial charge is 0.241 e. The summed E-state index contributed by atoms with van der Waals surface area (Å²) in [5.41, 5.74) is 1.10. The highest BCUT2D eigenvalue weighted by molar-refractivity contribution is 7.89. The van der Waals surface area contributed by atoms with Gasteiger partial charge in [0.15, 0.2) is 0 Å². The zero-order valence-corrected chi connectivity index (χ0v) is 18.1. The fourth-order valence-corrected chi connectivity index (χ4v) is 4.61. The lowest BCUT2D eigenvalue weighted by Gasteiger charge is -2.17. The maximum atomic E-state index is 12.1. The number of carbonyl (C=O) groups is 1. The lowest BCUT2D eigenvalue weighted by atomic mass is 10.1. The van der Waals surface area contributed by atoms with Crippen LogP contribution in [0.3, 0.4) is 0 Å². The number of nitrogens with zero attached hydrogens (tertiary/aromatic N) is 1. The van der Waals surface area contributed by atoms with Crippen molar-refractivity contribution in [1.29, 1.82) is 0 Å². The molecule has 2 aromatic rings. The molecular weight excluding hydrogens is 433 g/mol. The van der Waals surface area contributed by atoms with Gasteiger partial charge in [-0.3, -0.25) is 9.69 Å². The Labute approximate surface area is 181 Å². The molecule has 0 aromatic heterocycles. The molecule has 29 heavy (non-hydrogen) atoms. The highest BCUT2D eigenvalue weighted by Crippen LogP contribution is 2.25. The summed E-state index contributed by atoms with van der Waals surface area (Å²) in [6, 6.07) is 13.6. The van der Waals surface area contributed by atoms with Gasteiger partial charge in [0.25, 0.3) is 0 Å². The topological polar surface area (TPSA) is 78.5 Å². The minimum absolute atomic E-state index is 0.140. The maximum absolute atomic E-state index is 12.1. The molecule has 1 fully saturated rings. The Hall–Kier alpha value is -1.64. The standard InChI is InChI=1S/C20H23Cl2N3O3S/c21-18-7-6-15(10-19(18)22)13-25-9-8-16(14-25)11-23-20(26)12-24-29(27,28)17-4-2-1-3-5-17/h1-7,10,16,24H,8-9,11-14H2,(H,23,26). The van der Waals surface area contributed by atoms with E-state index in [0.717, 1.165) is 31.6 Å². The summed E-state index contributed by atoms with van der Waals surface area (Å²) < 4.78 is 26.6. The van der Waals surface area contributed by atoms with E-state index in [4.69, 9.17) is 23.2 Å². The van der Waals surface area contributed by atoms with Gasteiger partial charge in [0, 0.05) is 19.6 Å². The second-order valence-corrected chi connectivity index (χ2v) is 9.66. The predicted molar refractivity (Wildman–Crippen MR) is 114 cm³/mol. The lowest BCUT2D eigenvalue weighted by Crippen LogP contribution is -2.39. The molecule has 1 aliphatic heterocycles. The first-order valence-electron chi connectivity index (χ1n) is 9.31. The highest BCUT2D eigenvalue weighted by Gasteiger charge is 2.23. The first-order chi connectivity index (χ1) is 13.8. The Kier molecular flexibility index (Phi) is 7.54. The van der Waals surface area contributed by atoms with Gasteiger partial charge in [-0.1, -0.05) is 47.5 Å². The fraction of sp³-hybridized carbons (Fsp3) is 0.350. The van der Waals surface area contributed by atoms with Crippen LogP contribution < -0.4 is 10.0 Å². The number of halogens is 2. The summed E-state index contributed by atoms with van der Waals surface area (Å²) in [5.74, 6) is -0.0140.